The first kappa shape index (κ1) is 8.06. The van der Waals surface area contributed by atoms with Crippen molar-refractivity contribution < 1.29 is 0 Å². The minimum Gasteiger partial charge on any atom is -0.0806 e. The fourth-order valence-electron chi connectivity index (χ4n) is 1.76. The molecule has 0 amide bonds. The first-order valence-corrected chi connectivity index (χ1v) is 5.03. The van der Waals surface area contributed by atoms with Crippen molar-refractivity contribution in [3.8, 4) is 0 Å². The smallest absolute Gasteiger partial charge is 0.0253 e. The molecule has 0 unspecified atom stereocenters. The van der Waals surface area contributed by atoms with Gasteiger partial charge in [0.25, 0.3) is 0 Å². The maximum absolute atomic E-state index is 3.58. The van der Waals surface area contributed by atoms with Crippen LogP contribution in [0, 0.1) is 0 Å². The van der Waals surface area contributed by atoms with Crippen LogP contribution in [0.25, 0.3) is 5.57 Å². The Kier molecular flexibility index (Phi) is 2.05. The normalized spacial score (nSPS) is 15.3. The van der Waals surface area contributed by atoms with Gasteiger partial charge in [0.1, 0.15) is 0 Å². The van der Waals surface area contributed by atoms with E-state index in [4.69, 9.17) is 0 Å². The molecule has 1 aromatic carbocycles. The Labute approximate surface area is 81.4 Å². The molecule has 12 heavy (non-hydrogen) atoms. The van der Waals surface area contributed by atoms with Crippen LogP contribution in [0.5, 0.6) is 0 Å². The number of allylic oxidation sites excluding steroid dienone is 2. The quantitative estimate of drug-likeness (QED) is 0.627. The molecule has 1 aliphatic rings. The van der Waals surface area contributed by atoms with Gasteiger partial charge in [0, 0.05) is 4.47 Å². The zero-order valence-corrected chi connectivity index (χ0v) is 8.69. The third-order valence-corrected chi connectivity index (χ3v) is 3.02. The van der Waals surface area contributed by atoms with Gasteiger partial charge in [-0.1, -0.05) is 34.1 Å². The molecule has 0 atom stereocenters. The van der Waals surface area contributed by atoms with E-state index in [1.54, 1.807) is 0 Å². The average molecular weight is 223 g/mol. The topological polar surface area (TPSA) is 0 Å². The van der Waals surface area contributed by atoms with Crippen molar-refractivity contribution in [1.82, 2.24) is 0 Å². The van der Waals surface area contributed by atoms with Gasteiger partial charge in [0.05, 0.1) is 0 Å². The number of hydrogen-bond acceptors (Lipinski definition) is 0. The lowest BCUT2D eigenvalue weighted by atomic mass is 9.92. The summed E-state index contributed by atoms with van der Waals surface area (Å²) in [6.07, 6.45) is 4.69. The molecule has 0 saturated carbocycles. The van der Waals surface area contributed by atoms with E-state index in [0.29, 0.717) is 0 Å². The van der Waals surface area contributed by atoms with Crippen molar-refractivity contribution in [2.75, 3.05) is 0 Å². The number of rotatable bonds is 0. The summed E-state index contributed by atoms with van der Waals surface area (Å²) in [6, 6.07) is 6.44. The summed E-state index contributed by atoms with van der Waals surface area (Å²) >= 11 is 3.58. The van der Waals surface area contributed by atoms with Crippen LogP contribution in [0.4, 0.5) is 0 Å². The molecule has 2 rings (SSSR count). The Hall–Kier alpha value is -0.560. The molecule has 0 spiro atoms. The maximum atomic E-state index is 3.58. The minimum absolute atomic E-state index is 1.19. The van der Waals surface area contributed by atoms with Gasteiger partial charge in [-0.15, -0.1) is 0 Å². The summed E-state index contributed by atoms with van der Waals surface area (Å²) < 4.78 is 1.23. The van der Waals surface area contributed by atoms with Crippen LogP contribution in [0.15, 0.2) is 28.7 Å². The Balaban J connectivity index is 2.64. The molecule has 0 radical (unpaired) electrons. The van der Waals surface area contributed by atoms with E-state index in [9.17, 15) is 0 Å². The van der Waals surface area contributed by atoms with Crippen LogP contribution in [-0.2, 0) is 6.42 Å². The highest BCUT2D eigenvalue weighted by Gasteiger charge is 2.11. The molecule has 0 N–H and O–H groups in total. The highest BCUT2D eigenvalue weighted by atomic mass is 79.9. The summed E-state index contributed by atoms with van der Waals surface area (Å²) in [6.45, 7) is 2.18. The van der Waals surface area contributed by atoms with Gasteiger partial charge in [0.15, 0.2) is 0 Å². The van der Waals surface area contributed by atoms with Crippen LogP contribution in [-0.4, -0.2) is 0 Å². The van der Waals surface area contributed by atoms with E-state index < -0.39 is 0 Å². The fourth-order valence-corrected chi connectivity index (χ4v) is 2.48. The van der Waals surface area contributed by atoms with Crippen molar-refractivity contribution in [2.24, 2.45) is 0 Å². The second-order valence-electron chi connectivity index (χ2n) is 3.20. The SMILES string of the molecule is CC1=CCCc2cccc(Br)c21. The number of halogens is 1. The summed E-state index contributed by atoms with van der Waals surface area (Å²) in [5.41, 5.74) is 4.29. The number of hydrogen-bond donors (Lipinski definition) is 0. The lowest BCUT2D eigenvalue weighted by molar-refractivity contribution is 0.973. The number of fused-ring (bicyclic) bond motifs is 1. The standard InChI is InChI=1S/C11H11Br/c1-8-4-2-5-9-6-3-7-10(12)11(8)9/h3-4,6-7H,2,5H2,1H3. The van der Waals surface area contributed by atoms with Crippen molar-refractivity contribution >= 4 is 21.5 Å². The van der Waals surface area contributed by atoms with E-state index in [0.717, 1.165) is 0 Å². The lowest BCUT2D eigenvalue weighted by Gasteiger charge is -2.16. The molecule has 1 heteroatoms. The maximum Gasteiger partial charge on any atom is 0.0253 e. The molecule has 0 heterocycles. The molecule has 62 valence electrons. The van der Waals surface area contributed by atoms with Crippen molar-refractivity contribution in [2.45, 2.75) is 19.8 Å². The Morgan fingerprint density at radius 3 is 2.92 bits per heavy atom. The first-order chi connectivity index (χ1) is 5.79. The molecule has 0 aromatic heterocycles. The summed E-state index contributed by atoms with van der Waals surface area (Å²) in [7, 11) is 0. The second-order valence-corrected chi connectivity index (χ2v) is 4.05. The van der Waals surface area contributed by atoms with Gasteiger partial charge < -0.3 is 0 Å². The van der Waals surface area contributed by atoms with Gasteiger partial charge in [-0.2, -0.15) is 0 Å². The highest BCUT2D eigenvalue weighted by Crippen LogP contribution is 2.31. The van der Waals surface area contributed by atoms with Crippen LogP contribution < -0.4 is 0 Å². The Bertz CT molecular complexity index is 337. The molecule has 0 saturated heterocycles. The van der Waals surface area contributed by atoms with Crippen molar-refractivity contribution in [3.63, 3.8) is 0 Å². The van der Waals surface area contributed by atoms with E-state index in [-0.39, 0.29) is 0 Å². The monoisotopic (exact) mass is 222 g/mol. The molecular weight excluding hydrogens is 212 g/mol. The van der Waals surface area contributed by atoms with E-state index in [1.807, 2.05) is 0 Å². The van der Waals surface area contributed by atoms with E-state index in [2.05, 4.69) is 47.1 Å². The average Bonchev–Trinajstić information content (AvgIpc) is 2.04. The van der Waals surface area contributed by atoms with Gasteiger partial charge in [-0.3, -0.25) is 0 Å². The summed E-state index contributed by atoms with van der Waals surface area (Å²) in [5, 5.41) is 0. The van der Waals surface area contributed by atoms with E-state index in [1.165, 1.54) is 34.0 Å². The van der Waals surface area contributed by atoms with Crippen LogP contribution in [0.1, 0.15) is 24.5 Å². The van der Waals surface area contributed by atoms with E-state index >= 15 is 0 Å². The fraction of sp³-hybridized carbons (Fsp3) is 0.273. The largest absolute Gasteiger partial charge is 0.0806 e. The third kappa shape index (κ3) is 1.22. The third-order valence-electron chi connectivity index (χ3n) is 2.36. The lowest BCUT2D eigenvalue weighted by Crippen LogP contribution is -1.98. The van der Waals surface area contributed by atoms with Gasteiger partial charge in [0.2, 0.25) is 0 Å². The molecule has 0 nitrogen and oxygen atoms in total. The molecule has 0 aliphatic heterocycles. The number of benzene rings is 1. The van der Waals surface area contributed by atoms with Gasteiger partial charge in [-0.05, 0) is 42.5 Å². The second kappa shape index (κ2) is 3.06. The zero-order chi connectivity index (χ0) is 8.55. The molecule has 1 aromatic rings. The Morgan fingerprint density at radius 1 is 1.33 bits per heavy atom. The van der Waals surface area contributed by atoms with Crippen LogP contribution >= 0.6 is 15.9 Å². The molecular formula is C11H11Br. The highest BCUT2D eigenvalue weighted by molar-refractivity contribution is 9.10. The molecule has 0 bridgehead atoms. The molecule has 0 fully saturated rings. The van der Waals surface area contributed by atoms with Crippen molar-refractivity contribution in [3.05, 3.63) is 39.9 Å². The summed E-state index contributed by atoms with van der Waals surface area (Å²) in [5.74, 6) is 0. The first-order valence-electron chi connectivity index (χ1n) is 4.23. The zero-order valence-electron chi connectivity index (χ0n) is 7.10. The van der Waals surface area contributed by atoms with Crippen LogP contribution in [0.3, 0.4) is 0 Å². The van der Waals surface area contributed by atoms with Crippen molar-refractivity contribution in [1.29, 1.82) is 0 Å². The van der Waals surface area contributed by atoms with Gasteiger partial charge in [-0.25, -0.2) is 0 Å². The van der Waals surface area contributed by atoms with Crippen LogP contribution in [0.2, 0.25) is 0 Å². The number of aryl methyl sites for hydroxylation is 1. The summed E-state index contributed by atoms with van der Waals surface area (Å²) in [4.78, 5) is 0. The Morgan fingerprint density at radius 2 is 2.17 bits per heavy atom. The van der Waals surface area contributed by atoms with Gasteiger partial charge >= 0.3 is 0 Å². The predicted molar refractivity (Wildman–Crippen MR) is 56.1 cm³/mol. The predicted octanol–water partition coefficient (Wildman–Crippen LogP) is 3.80. The molecule has 1 aliphatic carbocycles. The minimum atomic E-state index is 1.19.